The van der Waals surface area contributed by atoms with Gasteiger partial charge in [0.05, 0.1) is 61.7 Å². The fraction of sp³-hybridized carbons (Fsp3) is 0.298. The Hall–Kier alpha value is -6.29. The Labute approximate surface area is 463 Å². The first-order valence-corrected chi connectivity index (χ1v) is 30.4. The lowest BCUT2D eigenvalue weighted by Gasteiger charge is -2.25. The van der Waals surface area contributed by atoms with Crippen molar-refractivity contribution in [2.75, 3.05) is 46.6 Å². The van der Waals surface area contributed by atoms with E-state index < -0.39 is 55.3 Å². The van der Waals surface area contributed by atoms with Gasteiger partial charge in [-0.1, -0.05) is 95.7 Å². The van der Waals surface area contributed by atoms with Gasteiger partial charge in [0, 0.05) is 48.3 Å². The summed E-state index contributed by atoms with van der Waals surface area (Å²) in [4.78, 5) is 46.4. The van der Waals surface area contributed by atoms with Gasteiger partial charge in [-0.25, -0.2) is 40.0 Å². The Kier molecular flexibility index (Phi) is 27.9. The van der Waals surface area contributed by atoms with E-state index >= 15 is 0 Å². The monoisotopic (exact) mass is 1180 g/mol. The summed E-state index contributed by atoms with van der Waals surface area (Å²) in [5.74, 6) is -2.44. The van der Waals surface area contributed by atoms with Crippen molar-refractivity contribution in [1.82, 2.24) is 10.6 Å². The second kappa shape index (κ2) is 33.1. The molecule has 0 aliphatic carbocycles. The molecule has 0 heterocycles. The van der Waals surface area contributed by atoms with Crippen molar-refractivity contribution in [2.45, 2.75) is 61.0 Å². The van der Waals surface area contributed by atoms with Crippen LogP contribution in [0.4, 0.5) is 8.78 Å². The number of methoxy groups -OCH3 is 3. The number of rotatable bonds is 20. The Morgan fingerprint density at radius 3 is 1.47 bits per heavy atom. The molecule has 1 amide bonds. The number of esters is 3. The Morgan fingerprint density at radius 1 is 0.584 bits per heavy atom. The molecule has 0 aliphatic rings. The van der Waals surface area contributed by atoms with Crippen molar-refractivity contribution in [3.05, 3.63) is 212 Å². The van der Waals surface area contributed by atoms with Gasteiger partial charge in [0.25, 0.3) is 5.91 Å². The molecule has 14 nitrogen and oxygen atoms in total. The molecule has 2 atom stereocenters. The zero-order valence-corrected chi connectivity index (χ0v) is 47.9. The zero-order valence-electron chi connectivity index (χ0n) is 43.9. The third-order valence-corrected chi connectivity index (χ3v) is 13.8. The molecule has 77 heavy (non-hydrogen) atoms. The number of nitrogens with one attached hydrogen (secondary N) is 2. The first kappa shape index (κ1) is 65.0. The fourth-order valence-corrected chi connectivity index (χ4v) is 9.70. The van der Waals surface area contributed by atoms with Crippen LogP contribution < -0.4 is 10.6 Å². The molecular weight excluding hydrogens is 1120 g/mol. The number of aliphatic hydroxyl groups excluding tert-OH is 1. The van der Waals surface area contributed by atoms with Gasteiger partial charge >= 0.3 is 17.9 Å². The SMILES string of the molecule is CCc1cccc(CNC[C@@H](O)[C@H](Cc2cc(F)cc(F)c2)NC(=O)c2cccc(CS(C)(=O)=O)c2)c1.COC(=O)c1cccc(CBr)c1.COC(=O)c1cccc(CS(C)(=O)=O)c1.COC(=O)c1cccc(CSC)c1. The molecule has 3 N–H and O–H groups in total. The molecule has 6 aromatic carbocycles. The fourth-order valence-electron chi connectivity index (χ4n) is 7.27. The summed E-state index contributed by atoms with van der Waals surface area (Å²) >= 11 is 5.04. The van der Waals surface area contributed by atoms with E-state index in [1.54, 1.807) is 60.3 Å². The minimum atomic E-state index is -3.29. The van der Waals surface area contributed by atoms with Crippen LogP contribution in [-0.4, -0.2) is 105 Å². The van der Waals surface area contributed by atoms with Crippen LogP contribution in [0.5, 0.6) is 0 Å². The van der Waals surface area contributed by atoms with E-state index in [1.165, 1.54) is 45.1 Å². The summed E-state index contributed by atoms with van der Waals surface area (Å²) in [6.45, 7) is 2.68. The van der Waals surface area contributed by atoms with E-state index in [1.807, 2.05) is 54.8 Å². The number of aliphatic hydroxyl groups is 1. The molecule has 0 fully saturated rings. The van der Waals surface area contributed by atoms with Crippen LogP contribution in [0, 0.1) is 11.6 Å². The third kappa shape index (κ3) is 25.2. The van der Waals surface area contributed by atoms with Gasteiger partial charge in [-0.15, -0.1) is 0 Å². The minimum Gasteiger partial charge on any atom is -0.465 e. The van der Waals surface area contributed by atoms with Gasteiger partial charge in [-0.05, 0) is 119 Å². The first-order chi connectivity index (χ1) is 36.5. The van der Waals surface area contributed by atoms with Gasteiger partial charge in [-0.3, -0.25) is 4.79 Å². The van der Waals surface area contributed by atoms with Crippen molar-refractivity contribution in [2.24, 2.45) is 0 Å². The van der Waals surface area contributed by atoms with E-state index in [0.717, 1.165) is 64.9 Å². The van der Waals surface area contributed by atoms with Crippen LogP contribution in [0.2, 0.25) is 0 Å². The summed E-state index contributed by atoms with van der Waals surface area (Å²) < 4.78 is 86.7. The van der Waals surface area contributed by atoms with Crippen LogP contribution in [0.3, 0.4) is 0 Å². The van der Waals surface area contributed by atoms with E-state index in [-0.39, 0.29) is 47.5 Å². The lowest BCUT2D eigenvalue weighted by molar-refractivity contribution is 0.0592. The Morgan fingerprint density at radius 2 is 1.00 bits per heavy atom. The number of hydrogen-bond donors (Lipinski definition) is 3. The summed E-state index contributed by atoms with van der Waals surface area (Å²) in [6, 6.07) is 37.6. The summed E-state index contributed by atoms with van der Waals surface area (Å²) in [7, 11) is -2.32. The maximum absolute atomic E-state index is 13.8. The van der Waals surface area contributed by atoms with Gasteiger partial charge in [0.1, 0.15) is 11.6 Å². The Bertz CT molecular complexity index is 3110. The topological polar surface area (TPSA) is 209 Å². The molecule has 20 heteroatoms. The first-order valence-electron chi connectivity index (χ1n) is 23.7. The number of carbonyl (C=O) groups excluding carboxylic acids is 4. The Balaban J connectivity index is 0.000000317. The highest BCUT2D eigenvalue weighted by molar-refractivity contribution is 9.08. The number of halogens is 3. The van der Waals surface area contributed by atoms with Crippen LogP contribution in [0.1, 0.15) is 87.3 Å². The van der Waals surface area contributed by atoms with Crippen molar-refractivity contribution in [3.63, 3.8) is 0 Å². The smallest absolute Gasteiger partial charge is 0.337 e. The van der Waals surface area contributed by atoms with Gasteiger partial charge in [-0.2, -0.15) is 11.8 Å². The number of carbonyl (C=O) groups is 4. The molecule has 414 valence electrons. The lowest BCUT2D eigenvalue weighted by atomic mass is 9.99. The maximum Gasteiger partial charge on any atom is 0.337 e. The highest BCUT2D eigenvalue weighted by atomic mass is 79.9. The number of benzene rings is 6. The molecule has 0 unspecified atom stereocenters. The van der Waals surface area contributed by atoms with E-state index in [2.05, 4.69) is 53.8 Å². The highest BCUT2D eigenvalue weighted by Gasteiger charge is 2.24. The third-order valence-electron chi connectivity index (χ3n) is 10.8. The van der Waals surface area contributed by atoms with E-state index in [9.17, 15) is 49.9 Å². The molecule has 6 rings (SSSR count). The van der Waals surface area contributed by atoms with Crippen molar-refractivity contribution in [1.29, 1.82) is 0 Å². The molecule has 0 spiro atoms. The summed E-state index contributed by atoms with van der Waals surface area (Å²) in [5.41, 5.74) is 7.56. The number of alkyl halides is 1. The normalized spacial score (nSPS) is 11.6. The molecule has 0 aliphatic heterocycles. The molecule has 6 aromatic rings. The van der Waals surface area contributed by atoms with Crippen LogP contribution in [0.25, 0.3) is 0 Å². The van der Waals surface area contributed by atoms with Crippen molar-refractivity contribution < 1.29 is 64.1 Å². The van der Waals surface area contributed by atoms with Gasteiger partial charge in [0.2, 0.25) is 0 Å². The highest BCUT2D eigenvalue weighted by Crippen LogP contribution is 2.16. The average Bonchev–Trinajstić information content (AvgIpc) is 3.39. The number of hydrogen-bond acceptors (Lipinski definition) is 14. The van der Waals surface area contributed by atoms with Gasteiger partial charge in [0.15, 0.2) is 19.7 Å². The van der Waals surface area contributed by atoms with Gasteiger partial charge < -0.3 is 30.0 Å². The largest absolute Gasteiger partial charge is 0.465 e. The van der Waals surface area contributed by atoms with E-state index in [0.29, 0.717) is 34.4 Å². The molecule has 0 radical (unpaired) electrons. The zero-order chi connectivity index (χ0) is 57.1. The van der Waals surface area contributed by atoms with Crippen LogP contribution >= 0.6 is 27.7 Å². The molecular formula is C57H65BrF2N2O12S3. The average molecular weight is 1180 g/mol. The van der Waals surface area contributed by atoms with Crippen molar-refractivity contribution in [3.8, 4) is 0 Å². The predicted molar refractivity (Wildman–Crippen MR) is 302 cm³/mol. The number of aryl methyl sites for hydroxylation is 1. The summed E-state index contributed by atoms with van der Waals surface area (Å²) in [6.07, 6.45) is 4.10. The van der Waals surface area contributed by atoms with Crippen LogP contribution in [0.15, 0.2) is 140 Å². The number of thioether (sulfide) groups is 1. The van der Waals surface area contributed by atoms with Crippen LogP contribution in [-0.2, 0) is 75.9 Å². The maximum atomic E-state index is 13.8. The van der Waals surface area contributed by atoms with Crippen molar-refractivity contribution >= 4 is 71.2 Å². The summed E-state index contributed by atoms with van der Waals surface area (Å²) in [5, 5.41) is 17.6. The minimum absolute atomic E-state index is 0.0163. The second-order valence-corrected chi connectivity index (χ2v) is 23.1. The lowest BCUT2D eigenvalue weighted by Crippen LogP contribution is -2.48. The quantitative estimate of drug-likeness (QED) is 0.0370. The number of sulfone groups is 2. The standard InChI is InChI=1S/C28H32F2N2O4S.C10H12O4S.C10H12O2S.C9H9BrO2/c1-3-19-6-4-7-20(10-19)16-31-17-27(33)26(14-22-12-24(29)15-25(30)13-22)32-28(34)23-9-5-8-21(11-23)18-37(2,35)36;1-14-10(11)9-5-3-4-8(6-9)7-15(2,12)13;1-12-10(11)9-5-3-4-8(6-9)7-13-2;1-12-9(11)8-4-2-3-7(5-8)6-10/h4-13,15,26-27,31,33H,3,14,16-18H2,1-2H3,(H,32,34);3-6H,7H2,1-2H3;3-6H,7H2,1-2H3;2-5H,6H2,1H3/t26-,27+;;;/m0.../s1. The van der Waals surface area contributed by atoms with E-state index in [4.69, 9.17) is 0 Å². The second-order valence-electron chi connectivity index (χ2n) is 17.4. The number of amides is 1. The molecule has 0 saturated heterocycles. The molecule has 0 bridgehead atoms. The predicted octanol–water partition coefficient (Wildman–Crippen LogP) is 9.29. The molecule has 0 aromatic heterocycles. The molecule has 0 saturated carbocycles. The number of ether oxygens (including phenoxy) is 3.